The van der Waals surface area contributed by atoms with Crippen molar-refractivity contribution in [2.75, 3.05) is 46.9 Å². The molecule has 2 rings (SSSR count). The smallest absolute Gasteiger partial charge is 0.193 e. The molecule has 6 heteroatoms. The maximum atomic E-state index is 6.01. The van der Waals surface area contributed by atoms with E-state index in [1.54, 1.807) is 0 Å². The van der Waals surface area contributed by atoms with Crippen molar-refractivity contribution in [3.8, 4) is 0 Å². The van der Waals surface area contributed by atoms with Crippen LogP contribution >= 0.6 is 24.0 Å². The van der Waals surface area contributed by atoms with Crippen LogP contribution in [0.1, 0.15) is 31.1 Å². The van der Waals surface area contributed by atoms with Gasteiger partial charge in [-0.15, -0.1) is 24.0 Å². The molecule has 25 heavy (non-hydrogen) atoms. The number of hydrogen-bond acceptors (Lipinski definition) is 3. The molecule has 0 aromatic heterocycles. The van der Waals surface area contributed by atoms with E-state index < -0.39 is 0 Å². The van der Waals surface area contributed by atoms with E-state index in [4.69, 9.17) is 4.74 Å². The van der Waals surface area contributed by atoms with E-state index in [-0.39, 0.29) is 30.1 Å². The third kappa shape index (κ3) is 6.42. The molecule has 1 heterocycles. The first kappa shape index (κ1) is 22.2. The molecule has 1 aromatic rings. The summed E-state index contributed by atoms with van der Waals surface area (Å²) in [5, 5.41) is 3.49. The second kappa shape index (κ2) is 11.0. The minimum atomic E-state index is 0. The van der Waals surface area contributed by atoms with Crippen LogP contribution in [0, 0.1) is 6.92 Å². The number of morpholine rings is 1. The van der Waals surface area contributed by atoms with Gasteiger partial charge in [0.2, 0.25) is 0 Å². The van der Waals surface area contributed by atoms with Crippen LogP contribution in [0.2, 0.25) is 0 Å². The molecule has 0 spiro atoms. The molecule has 1 N–H and O–H groups in total. The Hall–Kier alpha value is -0.860. The number of ether oxygens (including phenoxy) is 1. The van der Waals surface area contributed by atoms with Crippen molar-refractivity contribution in [2.24, 2.45) is 4.99 Å². The molecular weight excluding hydrogens is 427 g/mol. The number of rotatable bonds is 5. The first-order valence-electron chi connectivity index (χ1n) is 8.86. The zero-order valence-corrected chi connectivity index (χ0v) is 18.5. The molecule has 1 unspecified atom stereocenters. The van der Waals surface area contributed by atoms with Gasteiger partial charge in [0.15, 0.2) is 5.96 Å². The summed E-state index contributed by atoms with van der Waals surface area (Å²) in [4.78, 5) is 9.09. The van der Waals surface area contributed by atoms with Gasteiger partial charge in [0, 0.05) is 32.7 Å². The van der Waals surface area contributed by atoms with Gasteiger partial charge in [0.05, 0.1) is 13.2 Å². The highest BCUT2D eigenvalue weighted by molar-refractivity contribution is 14.0. The van der Waals surface area contributed by atoms with E-state index in [0.29, 0.717) is 6.04 Å². The normalized spacial score (nSPS) is 18.4. The van der Waals surface area contributed by atoms with Gasteiger partial charge in [-0.05, 0) is 38.9 Å². The quantitative estimate of drug-likeness (QED) is 0.417. The summed E-state index contributed by atoms with van der Waals surface area (Å²) in [6.07, 6.45) is 0.108. The van der Waals surface area contributed by atoms with Crippen LogP contribution in [0.15, 0.2) is 29.3 Å². The van der Waals surface area contributed by atoms with Crippen molar-refractivity contribution in [3.05, 3.63) is 35.4 Å². The van der Waals surface area contributed by atoms with Crippen molar-refractivity contribution in [1.82, 2.24) is 15.1 Å². The van der Waals surface area contributed by atoms with Gasteiger partial charge in [-0.3, -0.25) is 4.99 Å². The summed E-state index contributed by atoms with van der Waals surface area (Å²) in [5.74, 6) is 0.967. The fourth-order valence-corrected chi connectivity index (χ4v) is 2.91. The topological polar surface area (TPSA) is 40.1 Å². The van der Waals surface area contributed by atoms with E-state index in [1.165, 1.54) is 11.1 Å². The number of nitrogens with one attached hydrogen (secondary N) is 1. The lowest BCUT2D eigenvalue weighted by molar-refractivity contribution is -0.00833. The Kier molecular flexibility index (Phi) is 9.74. The van der Waals surface area contributed by atoms with Crippen LogP contribution < -0.4 is 5.32 Å². The maximum absolute atomic E-state index is 6.01. The number of likely N-dealkylation sites (N-methyl/N-ethyl adjacent to an activating group) is 1. The largest absolute Gasteiger partial charge is 0.370 e. The summed E-state index contributed by atoms with van der Waals surface area (Å²) in [5.41, 5.74) is 2.56. The summed E-state index contributed by atoms with van der Waals surface area (Å²) in [6, 6.07) is 9.02. The Morgan fingerprint density at radius 2 is 2.12 bits per heavy atom. The zero-order chi connectivity index (χ0) is 17.5. The molecule has 1 fully saturated rings. The molecule has 1 atom stereocenters. The lowest BCUT2D eigenvalue weighted by Gasteiger charge is -2.36. The van der Waals surface area contributed by atoms with Crippen LogP contribution in [0.4, 0.5) is 0 Å². The number of hydrogen-bond donors (Lipinski definition) is 1. The predicted molar refractivity (Wildman–Crippen MR) is 116 cm³/mol. The van der Waals surface area contributed by atoms with Gasteiger partial charge in [0.1, 0.15) is 6.10 Å². The van der Waals surface area contributed by atoms with Gasteiger partial charge in [0.25, 0.3) is 0 Å². The molecule has 142 valence electrons. The third-order valence-electron chi connectivity index (χ3n) is 4.74. The highest BCUT2D eigenvalue weighted by Crippen LogP contribution is 2.24. The van der Waals surface area contributed by atoms with Crippen molar-refractivity contribution < 1.29 is 4.74 Å². The summed E-state index contributed by atoms with van der Waals surface area (Å²) < 4.78 is 6.01. The second-order valence-corrected chi connectivity index (χ2v) is 6.71. The van der Waals surface area contributed by atoms with Crippen LogP contribution in [0.25, 0.3) is 0 Å². The third-order valence-corrected chi connectivity index (χ3v) is 4.74. The Morgan fingerprint density at radius 3 is 2.76 bits per heavy atom. The molecule has 0 radical (unpaired) electrons. The fourth-order valence-electron chi connectivity index (χ4n) is 2.91. The molecule has 0 bridgehead atoms. The molecule has 5 nitrogen and oxygen atoms in total. The molecule has 0 saturated carbocycles. The Balaban J connectivity index is 0.00000312. The number of aryl methyl sites for hydroxylation is 1. The van der Waals surface area contributed by atoms with Gasteiger partial charge in [-0.25, -0.2) is 0 Å². The number of nitrogens with zero attached hydrogens (tertiary/aromatic N) is 3. The molecule has 0 aliphatic carbocycles. The first-order chi connectivity index (χ1) is 11.5. The van der Waals surface area contributed by atoms with E-state index in [2.05, 4.69) is 72.2 Å². The van der Waals surface area contributed by atoms with Crippen molar-refractivity contribution in [3.63, 3.8) is 0 Å². The number of benzene rings is 1. The minimum Gasteiger partial charge on any atom is -0.370 e. The van der Waals surface area contributed by atoms with Gasteiger partial charge in [-0.2, -0.15) is 0 Å². The average Bonchev–Trinajstić information content (AvgIpc) is 2.59. The number of guanidine groups is 1. The number of halogens is 1. The van der Waals surface area contributed by atoms with Crippen molar-refractivity contribution >= 4 is 29.9 Å². The molecular formula is C19H33IN4O. The fraction of sp³-hybridized carbons (Fsp3) is 0.632. The standard InChI is InChI=1S/C19H32N4O.HI/c1-15(2)22(5)11-10-21-19(20-4)23-12-13-24-18(14-23)17-9-7-6-8-16(17)3;/h6-9,15,18H,10-14H2,1-5H3,(H,20,21);1H. The SMILES string of the molecule is CN=C(NCCN(C)C(C)C)N1CCOC(c2ccccc2C)C1.I. The van der Waals surface area contributed by atoms with Crippen LogP contribution in [0.5, 0.6) is 0 Å². The average molecular weight is 460 g/mol. The van der Waals surface area contributed by atoms with Crippen molar-refractivity contribution in [1.29, 1.82) is 0 Å². The van der Waals surface area contributed by atoms with Crippen LogP contribution in [-0.2, 0) is 4.74 Å². The highest BCUT2D eigenvalue weighted by Gasteiger charge is 2.25. The van der Waals surface area contributed by atoms with Gasteiger partial charge >= 0.3 is 0 Å². The molecule has 1 aliphatic heterocycles. The summed E-state index contributed by atoms with van der Waals surface area (Å²) in [7, 11) is 4.00. The lowest BCUT2D eigenvalue weighted by Crippen LogP contribution is -2.49. The second-order valence-electron chi connectivity index (χ2n) is 6.71. The Labute approximate surface area is 169 Å². The first-order valence-corrected chi connectivity index (χ1v) is 8.86. The molecule has 0 amide bonds. The van der Waals surface area contributed by atoms with E-state index in [1.807, 2.05) is 7.05 Å². The molecule has 1 aliphatic rings. The highest BCUT2D eigenvalue weighted by atomic mass is 127. The monoisotopic (exact) mass is 460 g/mol. The van der Waals surface area contributed by atoms with Gasteiger partial charge in [-0.1, -0.05) is 24.3 Å². The van der Waals surface area contributed by atoms with Crippen molar-refractivity contribution in [2.45, 2.75) is 32.9 Å². The zero-order valence-electron chi connectivity index (χ0n) is 16.2. The van der Waals surface area contributed by atoms with Crippen LogP contribution in [-0.4, -0.2) is 68.7 Å². The maximum Gasteiger partial charge on any atom is 0.193 e. The summed E-state index contributed by atoms with van der Waals surface area (Å²) in [6.45, 7) is 10.9. The Morgan fingerprint density at radius 1 is 1.40 bits per heavy atom. The van der Waals surface area contributed by atoms with E-state index in [0.717, 1.165) is 38.7 Å². The summed E-state index contributed by atoms with van der Waals surface area (Å²) >= 11 is 0. The van der Waals surface area contributed by atoms with E-state index >= 15 is 0 Å². The predicted octanol–water partition coefficient (Wildman–Crippen LogP) is 2.90. The van der Waals surface area contributed by atoms with E-state index in [9.17, 15) is 0 Å². The molecule has 1 saturated heterocycles. The Bertz CT molecular complexity index is 550. The van der Waals surface area contributed by atoms with Crippen LogP contribution in [0.3, 0.4) is 0 Å². The lowest BCUT2D eigenvalue weighted by atomic mass is 10.0. The minimum absolute atomic E-state index is 0. The molecule has 1 aromatic carbocycles. The number of aliphatic imine (C=N–C) groups is 1. The van der Waals surface area contributed by atoms with Gasteiger partial charge < -0.3 is 19.9 Å².